The van der Waals surface area contributed by atoms with E-state index in [4.69, 9.17) is 0 Å². The molecule has 2 rings (SSSR count). The van der Waals surface area contributed by atoms with Gasteiger partial charge in [-0.3, -0.25) is 9.48 Å². The standard InChI is InChI=1S/C15H18N2O/c1-15(2,3)12-7-5-11(6-8-12)14-9-13(10-18)17(4)16-14/h5-10H,1-4H3. The highest BCUT2D eigenvalue weighted by Gasteiger charge is 2.13. The van der Waals surface area contributed by atoms with Crippen molar-refractivity contribution in [3.8, 4) is 11.3 Å². The second-order valence-corrected chi connectivity index (χ2v) is 5.52. The third-order valence-corrected chi connectivity index (χ3v) is 3.08. The predicted molar refractivity (Wildman–Crippen MR) is 72.7 cm³/mol. The topological polar surface area (TPSA) is 34.9 Å². The molecule has 0 radical (unpaired) electrons. The highest BCUT2D eigenvalue weighted by atomic mass is 16.1. The molecule has 0 fully saturated rings. The zero-order valence-electron chi connectivity index (χ0n) is 11.3. The minimum absolute atomic E-state index is 0.149. The van der Waals surface area contributed by atoms with Crippen LogP contribution in [0.4, 0.5) is 0 Å². The second kappa shape index (κ2) is 4.41. The van der Waals surface area contributed by atoms with Gasteiger partial charge >= 0.3 is 0 Å². The number of nitrogens with zero attached hydrogens (tertiary/aromatic N) is 2. The highest BCUT2D eigenvalue weighted by Crippen LogP contribution is 2.25. The van der Waals surface area contributed by atoms with Crippen LogP contribution in [0, 0.1) is 0 Å². The molecule has 18 heavy (non-hydrogen) atoms. The van der Waals surface area contributed by atoms with Crippen LogP contribution in [-0.2, 0) is 12.5 Å². The van der Waals surface area contributed by atoms with Gasteiger partial charge in [-0.05, 0) is 17.0 Å². The van der Waals surface area contributed by atoms with Crippen LogP contribution >= 0.6 is 0 Å². The van der Waals surface area contributed by atoms with E-state index in [0.717, 1.165) is 17.5 Å². The first kappa shape index (κ1) is 12.6. The largest absolute Gasteiger partial charge is 0.296 e. The molecule has 3 heteroatoms. The Balaban J connectivity index is 2.37. The number of hydrogen-bond acceptors (Lipinski definition) is 2. The first-order valence-corrected chi connectivity index (χ1v) is 6.02. The van der Waals surface area contributed by atoms with E-state index < -0.39 is 0 Å². The van der Waals surface area contributed by atoms with Gasteiger partial charge in [0.15, 0.2) is 6.29 Å². The van der Waals surface area contributed by atoms with Gasteiger partial charge in [-0.1, -0.05) is 45.0 Å². The minimum atomic E-state index is 0.149. The summed E-state index contributed by atoms with van der Waals surface area (Å²) in [4.78, 5) is 10.8. The first-order chi connectivity index (χ1) is 8.41. The van der Waals surface area contributed by atoms with Crippen molar-refractivity contribution in [2.75, 3.05) is 0 Å². The number of carbonyl (C=O) groups excluding carboxylic acids is 1. The van der Waals surface area contributed by atoms with Gasteiger partial charge in [0.25, 0.3) is 0 Å². The molecule has 94 valence electrons. The number of benzene rings is 1. The fourth-order valence-electron chi connectivity index (χ4n) is 1.87. The van der Waals surface area contributed by atoms with E-state index >= 15 is 0 Å². The molecule has 2 aromatic rings. The molecule has 0 aliphatic rings. The average Bonchev–Trinajstić information content (AvgIpc) is 2.69. The smallest absolute Gasteiger partial charge is 0.168 e. The van der Waals surface area contributed by atoms with Crippen molar-refractivity contribution in [3.05, 3.63) is 41.6 Å². The van der Waals surface area contributed by atoms with Gasteiger partial charge in [-0.15, -0.1) is 0 Å². The molecule has 0 amide bonds. The lowest BCUT2D eigenvalue weighted by atomic mass is 9.86. The lowest BCUT2D eigenvalue weighted by Crippen LogP contribution is -2.10. The predicted octanol–water partition coefficient (Wildman–Crippen LogP) is 3.20. The van der Waals surface area contributed by atoms with Gasteiger partial charge in [0.1, 0.15) is 5.69 Å². The number of hydrogen-bond donors (Lipinski definition) is 0. The minimum Gasteiger partial charge on any atom is -0.296 e. The number of rotatable bonds is 2. The van der Waals surface area contributed by atoms with Gasteiger partial charge in [-0.25, -0.2) is 0 Å². The number of carbonyl (C=O) groups is 1. The third kappa shape index (κ3) is 2.35. The first-order valence-electron chi connectivity index (χ1n) is 6.02. The van der Waals surface area contributed by atoms with Crippen LogP contribution in [0.15, 0.2) is 30.3 Å². The SMILES string of the molecule is Cn1nc(-c2ccc(C(C)(C)C)cc2)cc1C=O. The van der Waals surface area contributed by atoms with Crippen molar-refractivity contribution in [2.24, 2.45) is 7.05 Å². The summed E-state index contributed by atoms with van der Waals surface area (Å²) in [6, 6.07) is 10.1. The Bertz CT molecular complexity index is 559. The molecule has 1 aromatic heterocycles. The quantitative estimate of drug-likeness (QED) is 0.758. The maximum atomic E-state index is 10.8. The summed E-state index contributed by atoms with van der Waals surface area (Å²) < 4.78 is 1.60. The number of aldehydes is 1. The summed E-state index contributed by atoms with van der Waals surface area (Å²) in [6.07, 6.45) is 0.819. The van der Waals surface area contributed by atoms with E-state index in [-0.39, 0.29) is 5.41 Å². The zero-order valence-corrected chi connectivity index (χ0v) is 11.3. The van der Waals surface area contributed by atoms with Crippen LogP contribution in [0.25, 0.3) is 11.3 Å². The Labute approximate surface area is 107 Å². The van der Waals surface area contributed by atoms with Gasteiger partial charge in [-0.2, -0.15) is 5.10 Å². The Morgan fingerprint density at radius 2 is 1.78 bits per heavy atom. The molecule has 0 aliphatic heterocycles. The fraction of sp³-hybridized carbons (Fsp3) is 0.333. The fourth-order valence-corrected chi connectivity index (χ4v) is 1.87. The molecule has 0 unspecified atom stereocenters. The monoisotopic (exact) mass is 242 g/mol. The Morgan fingerprint density at radius 3 is 2.22 bits per heavy atom. The van der Waals surface area contributed by atoms with Crippen molar-refractivity contribution >= 4 is 6.29 Å². The second-order valence-electron chi connectivity index (χ2n) is 5.52. The molecular weight excluding hydrogens is 224 g/mol. The van der Waals surface area contributed by atoms with E-state index in [2.05, 4.69) is 50.1 Å². The van der Waals surface area contributed by atoms with Crippen molar-refractivity contribution in [1.29, 1.82) is 0 Å². The van der Waals surface area contributed by atoms with Crippen molar-refractivity contribution in [3.63, 3.8) is 0 Å². The Kier molecular flexibility index (Phi) is 3.07. The molecule has 1 aromatic carbocycles. The maximum Gasteiger partial charge on any atom is 0.168 e. The summed E-state index contributed by atoms with van der Waals surface area (Å²) in [5, 5.41) is 4.33. The normalized spacial score (nSPS) is 11.6. The maximum absolute atomic E-state index is 10.8. The average molecular weight is 242 g/mol. The number of aryl methyl sites for hydroxylation is 1. The van der Waals surface area contributed by atoms with Gasteiger partial charge in [0.05, 0.1) is 5.69 Å². The van der Waals surface area contributed by atoms with Crippen LogP contribution in [0.3, 0.4) is 0 Å². The molecule has 1 heterocycles. The Hall–Kier alpha value is -1.90. The van der Waals surface area contributed by atoms with Crippen LogP contribution in [0.1, 0.15) is 36.8 Å². The summed E-state index contributed by atoms with van der Waals surface area (Å²) in [6.45, 7) is 6.56. The molecule has 0 saturated carbocycles. The molecule has 0 saturated heterocycles. The van der Waals surface area contributed by atoms with E-state index in [0.29, 0.717) is 5.69 Å². The van der Waals surface area contributed by atoms with Gasteiger partial charge in [0, 0.05) is 12.6 Å². The Morgan fingerprint density at radius 1 is 1.17 bits per heavy atom. The molecule has 0 spiro atoms. The summed E-state index contributed by atoms with van der Waals surface area (Å²) in [5.41, 5.74) is 3.89. The molecule has 0 atom stereocenters. The van der Waals surface area contributed by atoms with Gasteiger partial charge < -0.3 is 0 Å². The summed E-state index contributed by atoms with van der Waals surface area (Å²) in [7, 11) is 1.77. The third-order valence-electron chi connectivity index (χ3n) is 3.08. The molecule has 0 aliphatic carbocycles. The summed E-state index contributed by atoms with van der Waals surface area (Å²) in [5.74, 6) is 0. The van der Waals surface area contributed by atoms with Crippen molar-refractivity contribution in [2.45, 2.75) is 26.2 Å². The van der Waals surface area contributed by atoms with Crippen LogP contribution < -0.4 is 0 Å². The number of aromatic nitrogens is 2. The van der Waals surface area contributed by atoms with Crippen LogP contribution in [-0.4, -0.2) is 16.1 Å². The van der Waals surface area contributed by atoms with Gasteiger partial charge in [0.2, 0.25) is 0 Å². The summed E-state index contributed by atoms with van der Waals surface area (Å²) >= 11 is 0. The van der Waals surface area contributed by atoms with Crippen LogP contribution in [0.2, 0.25) is 0 Å². The lowest BCUT2D eigenvalue weighted by molar-refractivity contribution is 0.111. The van der Waals surface area contributed by atoms with Crippen LogP contribution in [0.5, 0.6) is 0 Å². The molecule has 0 bridgehead atoms. The van der Waals surface area contributed by atoms with Crippen molar-refractivity contribution < 1.29 is 4.79 Å². The van der Waals surface area contributed by atoms with E-state index in [9.17, 15) is 4.79 Å². The van der Waals surface area contributed by atoms with E-state index in [1.54, 1.807) is 17.8 Å². The van der Waals surface area contributed by atoms with E-state index in [1.165, 1.54) is 5.56 Å². The zero-order chi connectivity index (χ0) is 13.3. The molecule has 3 nitrogen and oxygen atoms in total. The van der Waals surface area contributed by atoms with Crippen molar-refractivity contribution in [1.82, 2.24) is 9.78 Å². The highest BCUT2D eigenvalue weighted by molar-refractivity contribution is 5.75. The lowest BCUT2D eigenvalue weighted by Gasteiger charge is -2.18. The van der Waals surface area contributed by atoms with E-state index in [1.807, 2.05) is 0 Å². The molecular formula is C15H18N2O. The molecule has 0 N–H and O–H groups in total.